The van der Waals surface area contributed by atoms with E-state index in [0.29, 0.717) is 13.0 Å². The molecule has 4 rings (SSSR count). The summed E-state index contributed by atoms with van der Waals surface area (Å²) in [6, 6.07) is 17.3. The number of ether oxygens (including phenoxy) is 3. The predicted octanol–water partition coefficient (Wildman–Crippen LogP) is 3.61. The Morgan fingerprint density at radius 2 is 1.78 bits per heavy atom. The molecule has 0 spiro atoms. The molecule has 0 saturated carbocycles. The molecule has 1 heterocycles. The lowest BCUT2D eigenvalue weighted by Crippen LogP contribution is -2.38. The van der Waals surface area contributed by atoms with Gasteiger partial charge < -0.3 is 24.4 Å². The summed E-state index contributed by atoms with van der Waals surface area (Å²) in [4.78, 5) is 2.35. The highest BCUT2D eigenvalue weighted by Gasteiger charge is 2.13. The van der Waals surface area contributed by atoms with E-state index in [1.165, 1.54) is 0 Å². The van der Waals surface area contributed by atoms with E-state index < -0.39 is 6.10 Å². The molecule has 1 aliphatic rings. The van der Waals surface area contributed by atoms with Crippen LogP contribution in [0.1, 0.15) is 18.1 Å². The number of benzene rings is 3. The highest BCUT2D eigenvalue weighted by Crippen LogP contribution is 2.32. The fraction of sp³-hybridized carbons (Fsp3) is 0.385. The van der Waals surface area contributed by atoms with Gasteiger partial charge in [0.25, 0.3) is 0 Å². The minimum atomic E-state index is -0.549. The van der Waals surface area contributed by atoms with Gasteiger partial charge in [-0.1, -0.05) is 24.3 Å². The van der Waals surface area contributed by atoms with Crippen LogP contribution < -0.4 is 9.47 Å². The zero-order valence-electron chi connectivity index (χ0n) is 18.5. The monoisotopic (exact) mass is 437 g/mol. The van der Waals surface area contributed by atoms with E-state index in [0.717, 1.165) is 66.2 Å². The molecule has 0 bridgehead atoms. The first-order chi connectivity index (χ1) is 15.6. The molecule has 1 unspecified atom stereocenters. The zero-order chi connectivity index (χ0) is 22.3. The number of hydrogen-bond donors (Lipinski definition) is 2. The summed E-state index contributed by atoms with van der Waals surface area (Å²) in [7, 11) is 0. The molecule has 6 heteroatoms. The summed E-state index contributed by atoms with van der Waals surface area (Å²) in [6.07, 6.45) is 0.123. The van der Waals surface area contributed by atoms with E-state index in [4.69, 9.17) is 14.2 Å². The lowest BCUT2D eigenvalue weighted by atomic mass is 9.97. The summed E-state index contributed by atoms with van der Waals surface area (Å²) >= 11 is 0. The van der Waals surface area contributed by atoms with Crippen molar-refractivity contribution in [3.63, 3.8) is 0 Å². The SMILES string of the molecule is CC(O)COc1ccc2cc(O)ccc2c1Cc1ccc(OCCN2CCOCC2)cc1. The lowest BCUT2D eigenvalue weighted by molar-refractivity contribution is 0.0322. The Balaban J connectivity index is 1.46. The smallest absolute Gasteiger partial charge is 0.123 e. The minimum Gasteiger partial charge on any atom is -0.508 e. The van der Waals surface area contributed by atoms with Gasteiger partial charge in [0.1, 0.15) is 30.5 Å². The summed E-state index contributed by atoms with van der Waals surface area (Å²) < 4.78 is 17.2. The molecule has 32 heavy (non-hydrogen) atoms. The van der Waals surface area contributed by atoms with Gasteiger partial charge in [0.2, 0.25) is 0 Å². The van der Waals surface area contributed by atoms with Crippen molar-refractivity contribution < 1.29 is 24.4 Å². The molecule has 1 saturated heterocycles. The second-order valence-electron chi connectivity index (χ2n) is 8.23. The molecule has 1 fully saturated rings. The standard InChI is InChI=1S/C26H31NO5/c1-19(28)18-32-26-9-4-21-17-22(29)5-8-24(21)25(26)16-20-2-6-23(7-3-20)31-15-12-27-10-13-30-14-11-27/h2-9,17,19,28-29H,10-16,18H2,1H3. The highest BCUT2D eigenvalue weighted by molar-refractivity contribution is 5.89. The van der Waals surface area contributed by atoms with Gasteiger partial charge in [-0.05, 0) is 53.6 Å². The average Bonchev–Trinajstić information content (AvgIpc) is 2.80. The van der Waals surface area contributed by atoms with Gasteiger partial charge in [-0.25, -0.2) is 0 Å². The summed E-state index contributed by atoms with van der Waals surface area (Å²) in [5, 5.41) is 21.5. The van der Waals surface area contributed by atoms with Gasteiger partial charge >= 0.3 is 0 Å². The molecule has 3 aromatic rings. The first kappa shape index (κ1) is 22.4. The van der Waals surface area contributed by atoms with Crippen molar-refractivity contribution >= 4 is 10.8 Å². The number of aliphatic hydroxyl groups excluding tert-OH is 1. The first-order valence-electron chi connectivity index (χ1n) is 11.2. The highest BCUT2D eigenvalue weighted by atomic mass is 16.5. The fourth-order valence-corrected chi connectivity index (χ4v) is 3.91. The third-order valence-corrected chi connectivity index (χ3v) is 5.64. The van der Waals surface area contributed by atoms with Crippen LogP contribution in [0, 0.1) is 0 Å². The van der Waals surface area contributed by atoms with E-state index in [-0.39, 0.29) is 12.4 Å². The topological polar surface area (TPSA) is 71.4 Å². The van der Waals surface area contributed by atoms with Crippen LogP contribution in [0.4, 0.5) is 0 Å². The van der Waals surface area contributed by atoms with E-state index in [1.54, 1.807) is 19.1 Å². The third kappa shape index (κ3) is 5.91. The Morgan fingerprint density at radius 3 is 2.53 bits per heavy atom. The zero-order valence-corrected chi connectivity index (χ0v) is 18.5. The van der Waals surface area contributed by atoms with Crippen molar-refractivity contribution in [2.24, 2.45) is 0 Å². The third-order valence-electron chi connectivity index (χ3n) is 5.64. The Bertz CT molecular complexity index is 1010. The minimum absolute atomic E-state index is 0.229. The van der Waals surface area contributed by atoms with Crippen molar-refractivity contribution in [3.8, 4) is 17.2 Å². The van der Waals surface area contributed by atoms with E-state index in [1.807, 2.05) is 30.3 Å². The number of phenols is 1. The lowest BCUT2D eigenvalue weighted by Gasteiger charge is -2.26. The van der Waals surface area contributed by atoms with Crippen molar-refractivity contribution in [2.75, 3.05) is 46.1 Å². The van der Waals surface area contributed by atoms with Gasteiger partial charge in [0.15, 0.2) is 0 Å². The molecular weight excluding hydrogens is 406 g/mol. The summed E-state index contributed by atoms with van der Waals surface area (Å²) in [5.74, 6) is 1.84. The van der Waals surface area contributed by atoms with Crippen LogP contribution in [0.2, 0.25) is 0 Å². The number of morpholine rings is 1. The second kappa shape index (κ2) is 10.7. The summed E-state index contributed by atoms with van der Waals surface area (Å²) in [5.41, 5.74) is 2.16. The van der Waals surface area contributed by atoms with Crippen molar-refractivity contribution in [3.05, 3.63) is 65.7 Å². The van der Waals surface area contributed by atoms with Crippen LogP contribution >= 0.6 is 0 Å². The number of phenolic OH excluding ortho intramolecular Hbond substituents is 1. The Labute approximate surface area is 189 Å². The molecule has 0 aliphatic carbocycles. The quantitative estimate of drug-likeness (QED) is 0.533. The summed E-state index contributed by atoms with van der Waals surface area (Å²) in [6.45, 7) is 7.01. The molecule has 1 atom stereocenters. The van der Waals surface area contributed by atoms with E-state index in [2.05, 4.69) is 17.0 Å². The Hall–Kier alpha value is -2.80. The van der Waals surface area contributed by atoms with Crippen molar-refractivity contribution in [1.29, 1.82) is 0 Å². The van der Waals surface area contributed by atoms with Gasteiger partial charge in [0.05, 0.1) is 19.3 Å². The molecule has 3 aromatic carbocycles. The average molecular weight is 438 g/mol. The number of hydrogen-bond acceptors (Lipinski definition) is 6. The Kier molecular flexibility index (Phi) is 7.47. The van der Waals surface area contributed by atoms with Crippen LogP contribution in [0.15, 0.2) is 54.6 Å². The molecular formula is C26H31NO5. The van der Waals surface area contributed by atoms with Crippen molar-refractivity contribution in [1.82, 2.24) is 4.90 Å². The number of aliphatic hydroxyl groups is 1. The largest absolute Gasteiger partial charge is 0.508 e. The van der Waals surface area contributed by atoms with Crippen LogP contribution in [-0.2, 0) is 11.2 Å². The number of fused-ring (bicyclic) bond motifs is 1. The van der Waals surface area contributed by atoms with E-state index in [9.17, 15) is 10.2 Å². The normalized spacial score (nSPS) is 15.6. The van der Waals surface area contributed by atoms with Crippen molar-refractivity contribution in [2.45, 2.75) is 19.4 Å². The van der Waals surface area contributed by atoms with Crippen LogP contribution in [-0.4, -0.2) is 67.3 Å². The molecule has 0 amide bonds. The predicted molar refractivity (Wildman–Crippen MR) is 125 cm³/mol. The van der Waals surface area contributed by atoms with Crippen LogP contribution in [0.5, 0.6) is 17.2 Å². The van der Waals surface area contributed by atoms with Crippen LogP contribution in [0.3, 0.4) is 0 Å². The fourth-order valence-electron chi connectivity index (χ4n) is 3.91. The number of nitrogens with zero attached hydrogens (tertiary/aromatic N) is 1. The van der Waals surface area contributed by atoms with Gasteiger partial charge in [-0.15, -0.1) is 0 Å². The van der Waals surface area contributed by atoms with Gasteiger partial charge in [0, 0.05) is 31.6 Å². The molecule has 6 nitrogen and oxygen atoms in total. The number of aromatic hydroxyl groups is 1. The molecule has 0 aromatic heterocycles. The second-order valence-corrected chi connectivity index (χ2v) is 8.23. The maximum atomic E-state index is 9.85. The maximum absolute atomic E-state index is 9.85. The molecule has 2 N–H and O–H groups in total. The van der Waals surface area contributed by atoms with E-state index >= 15 is 0 Å². The first-order valence-corrected chi connectivity index (χ1v) is 11.2. The Morgan fingerprint density at radius 1 is 1.00 bits per heavy atom. The van der Waals surface area contributed by atoms with Crippen LogP contribution in [0.25, 0.3) is 10.8 Å². The molecule has 170 valence electrons. The van der Waals surface area contributed by atoms with Gasteiger partial charge in [-0.2, -0.15) is 0 Å². The number of rotatable bonds is 9. The molecule has 0 radical (unpaired) electrons. The maximum Gasteiger partial charge on any atom is 0.123 e. The molecule has 1 aliphatic heterocycles. The van der Waals surface area contributed by atoms with Gasteiger partial charge in [-0.3, -0.25) is 4.90 Å².